The third-order valence-corrected chi connectivity index (χ3v) is 11.0. The number of fused-ring (bicyclic) bond motifs is 5. The van der Waals surface area contributed by atoms with Crippen molar-refractivity contribution in [2.75, 3.05) is 13.2 Å². The quantitative estimate of drug-likeness (QED) is 0.175. The third kappa shape index (κ3) is 6.32. The first-order valence-corrected chi connectivity index (χ1v) is 16.9. The molecule has 1 N–H and O–H groups in total. The van der Waals surface area contributed by atoms with Crippen molar-refractivity contribution in [3.63, 3.8) is 0 Å². The van der Waals surface area contributed by atoms with Crippen LogP contribution in [0.15, 0.2) is 41.5 Å². The highest BCUT2D eigenvalue weighted by Gasteiger charge is 2.78. The van der Waals surface area contributed by atoms with Crippen LogP contribution >= 0.6 is 34.8 Å². The normalized spacial score (nSPS) is 34.9. The minimum Gasteiger partial charge on any atom is -0.455 e. The van der Waals surface area contributed by atoms with Gasteiger partial charge in [0, 0.05) is 25.7 Å². The highest BCUT2D eigenvalue weighted by molar-refractivity contribution is 6.67. The van der Waals surface area contributed by atoms with Crippen LogP contribution in [-0.4, -0.2) is 87.6 Å². The summed E-state index contributed by atoms with van der Waals surface area (Å²) in [5.41, 5.74) is -5.86. The molecular formula is C34H39Cl3O12. The summed E-state index contributed by atoms with van der Waals surface area (Å²) in [6.07, 6.45) is -6.83. The standard InChI is InChI=1S/C34H39Cl3O12/c1-17-12-13-33(43)27(48-28(41)20-10-8-7-9-11-20)25-31(6,26(40)24(46-18(2)38)23(17)30(33,4)5)21(47-29(42)45-16-34(35,36)37)14-22-32(25,15-44-22)49-19(3)39/h7-11,21-22,24-25,27,43H,12-16H2,1-6H3. The lowest BCUT2D eigenvalue weighted by atomic mass is 9.45. The van der Waals surface area contributed by atoms with Gasteiger partial charge in [-0.25, -0.2) is 9.59 Å². The number of halogens is 3. The second-order valence-corrected chi connectivity index (χ2v) is 16.4. The molecule has 1 saturated heterocycles. The molecule has 0 spiro atoms. The summed E-state index contributed by atoms with van der Waals surface area (Å²) < 4.78 is 32.9. The molecule has 0 radical (unpaired) electrons. The number of carbonyl (C=O) groups is 5. The van der Waals surface area contributed by atoms with Crippen molar-refractivity contribution in [3.8, 4) is 0 Å². The number of esters is 3. The van der Waals surface area contributed by atoms with Gasteiger partial charge in [-0.2, -0.15) is 0 Å². The fraction of sp³-hybridized carbons (Fsp3) is 0.618. The van der Waals surface area contributed by atoms with Gasteiger partial charge < -0.3 is 33.5 Å². The first kappa shape index (κ1) is 37.4. The number of rotatable bonds is 6. The van der Waals surface area contributed by atoms with Gasteiger partial charge in [0.25, 0.3) is 0 Å². The number of Topliss-reactive ketones (excluding diaryl/α,β-unsaturated/α-hetero) is 1. The SMILES string of the molecule is CC(=O)OC1C(=O)C2(C)C(OC(=O)OCC(Cl)(Cl)Cl)CC3OCC3(OC(C)=O)C2C(OC(=O)c2ccccc2)C2(O)CCC(C)=C1C2(C)C. The number of ketones is 1. The van der Waals surface area contributed by atoms with Crippen LogP contribution in [0.5, 0.6) is 0 Å². The number of alkyl halides is 3. The molecule has 1 aromatic carbocycles. The van der Waals surface area contributed by atoms with E-state index in [2.05, 4.69) is 0 Å². The lowest BCUT2D eigenvalue weighted by molar-refractivity contribution is -0.345. The van der Waals surface area contributed by atoms with Crippen molar-refractivity contribution in [1.29, 1.82) is 0 Å². The largest absolute Gasteiger partial charge is 0.508 e. The molecule has 0 amide bonds. The lowest BCUT2D eigenvalue weighted by Gasteiger charge is -2.67. The van der Waals surface area contributed by atoms with E-state index < -0.39 is 92.6 Å². The zero-order valence-electron chi connectivity index (χ0n) is 27.9. The van der Waals surface area contributed by atoms with E-state index in [9.17, 15) is 24.3 Å². The molecule has 4 aliphatic rings. The van der Waals surface area contributed by atoms with Crippen molar-refractivity contribution < 1.29 is 57.5 Å². The first-order chi connectivity index (χ1) is 22.7. The van der Waals surface area contributed by atoms with Crippen LogP contribution in [0.1, 0.15) is 71.2 Å². The number of hydrogen-bond acceptors (Lipinski definition) is 12. The van der Waals surface area contributed by atoms with E-state index in [1.165, 1.54) is 26.0 Å². The van der Waals surface area contributed by atoms with Gasteiger partial charge in [-0.1, -0.05) is 72.4 Å². The van der Waals surface area contributed by atoms with Crippen LogP contribution in [0.2, 0.25) is 0 Å². The summed E-state index contributed by atoms with van der Waals surface area (Å²) >= 11 is 17.3. The van der Waals surface area contributed by atoms with Gasteiger partial charge in [0.15, 0.2) is 17.5 Å². The number of allylic oxidation sites excluding steroid dienone is 1. The van der Waals surface area contributed by atoms with Gasteiger partial charge in [0.05, 0.1) is 23.5 Å². The summed E-state index contributed by atoms with van der Waals surface area (Å²) in [5, 5.41) is 13.1. The average molecular weight is 746 g/mol. The Bertz CT molecular complexity index is 1570. The minimum atomic E-state index is -2.00. The van der Waals surface area contributed by atoms with Gasteiger partial charge >= 0.3 is 24.1 Å². The Morgan fingerprint density at radius 2 is 1.65 bits per heavy atom. The molecule has 1 aliphatic heterocycles. The maximum absolute atomic E-state index is 15.3. The summed E-state index contributed by atoms with van der Waals surface area (Å²) in [6, 6.07) is 8.05. The molecular weight excluding hydrogens is 707 g/mol. The predicted octanol–water partition coefficient (Wildman–Crippen LogP) is 5.21. The van der Waals surface area contributed by atoms with Gasteiger partial charge in [-0.3, -0.25) is 14.4 Å². The molecule has 8 unspecified atom stereocenters. The van der Waals surface area contributed by atoms with Crippen LogP contribution in [0.4, 0.5) is 4.79 Å². The molecule has 15 heteroatoms. The van der Waals surface area contributed by atoms with Gasteiger partial charge in [-0.15, -0.1) is 0 Å². The Balaban J connectivity index is 1.79. The second kappa shape index (κ2) is 13.0. The second-order valence-electron chi connectivity index (χ2n) is 13.9. The number of ether oxygens (including phenoxy) is 6. The molecule has 12 nitrogen and oxygen atoms in total. The topological polar surface area (TPSA) is 161 Å². The Kier molecular flexibility index (Phi) is 9.92. The first-order valence-electron chi connectivity index (χ1n) is 15.8. The Hall–Kier alpha value is -2.90. The van der Waals surface area contributed by atoms with Gasteiger partial charge in [-0.05, 0) is 44.4 Å². The van der Waals surface area contributed by atoms with Gasteiger partial charge in [0.1, 0.15) is 30.5 Å². The maximum Gasteiger partial charge on any atom is 0.508 e. The maximum atomic E-state index is 15.3. The van der Waals surface area contributed by atoms with Crippen LogP contribution in [-0.2, 0) is 42.8 Å². The van der Waals surface area contributed by atoms with E-state index in [-0.39, 0.29) is 31.4 Å². The van der Waals surface area contributed by atoms with Crippen LogP contribution in [0.25, 0.3) is 0 Å². The van der Waals surface area contributed by atoms with E-state index in [1.54, 1.807) is 39.0 Å². The predicted molar refractivity (Wildman–Crippen MR) is 174 cm³/mol. The Morgan fingerprint density at radius 3 is 2.20 bits per heavy atom. The number of carbonyl (C=O) groups excluding carboxylic acids is 5. The smallest absolute Gasteiger partial charge is 0.455 e. The molecule has 1 aromatic rings. The number of benzene rings is 1. The molecule has 3 aliphatic carbocycles. The van der Waals surface area contributed by atoms with E-state index in [4.69, 9.17) is 63.2 Å². The van der Waals surface area contributed by atoms with Crippen LogP contribution in [0, 0.1) is 16.7 Å². The molecule has 2 saturated carbocycles. The summed E-state index contributed by atoms with van der Waals surface area (Å²) in [4.78, 5) is 67.9. The Morgan fingerprint density at radius 1 is 1.00 bits per heavy atom. The van der Waals surface area contributed by atoms with E-state index in [0.29, 0.717) is 11.1 Å². The lowest BCUT2D eigenvalue weighted by Crippen LogP contribution is -2.81. The molecule has 2 bridgehead atoms. The highest BCUT2D eigenvalue weighted by Crippen LogP contribution is 2.64. The summed E-state index contributed by atoms with van der Waals surface area (Å²) in [5.74, 6) is -4.51. The zero-order valence-corrected chi connectivity index (χ0v) is 30.1. The molecule has 268 valence electrons. The van der Waals surface area contributed by atoms with Crippen LogP contribution < -0.4 is 0 Å². The zero-order chi connectivity index (χ0) is 36.3. The summed E-state index contributed by atoms with van der Waals surface area (Å²) in [6.45, 7) is 7.96. The fourth-order valence-corrected chi connectivity index (χ4v) is 8.54. The van der Waals surface area contributed by atoms with E-state index >= 15 is 4.79 Å². The van der Waals surface area contributed by atoms with Crippen molar-refractivity contribution in [2.24, 2.45) is 16.7 Å². The molecule has 3 fully saturated rings. The van der Waals surface area contributed by atoms with E-state index in [1.807, 2.05) is 0 Å². The minimum absolute atomic E-state index is 0.0358. The number of aliphatic hydroxyl groups is 1. The van der Waals surface area contributed by atoms with Crippen molar-refractivity contribution in [3.05, 3.63) is 47.0 Å². The summed E-state index contributed by atoms with van der Waals surface area (Å²) in [7, 11) is 0. The molecule has 5 rings (SSSR count). The van der Waals surface area contributed by atoms with E-state index in [0.717, 1.165) is 6.92 Å². The molecule has 1 heterocycles. The van der Waals surface area contributed by atoms with Gasteiger partial charge in [0.2, 0.25) is 3.79 Å². The fourth-order valence-electron chi connectivity index (χ4n) is 8.37. The molecule has 0 aromatic heterocycles. The highest BCUT2D eigenvalue weighted by atomic mass is 35.6. The average Bonchev–Trinajstić information content (AvgIpc) is 3.00. The molecule has 49 heavy (non-hydrogen) atoms. The monoisotopic (exact) mass is 744 g/mol. The van der Waals surface area contributed by atoms with Crippen LogP contribution in [0.3, 0.4) is 0 Å². The van der Waals surface area contributed by atoms with Crippen molar-refractivity contribution >= 4 is 64.6 Å². The van der Waals surface area contributed by atoms with Crippen molar-refractivity contribution in [1.82, 2.24) is 0 Å². The third-order valence-electron chi connectivity index (χ3n) is 10.7. The van der Waals surface area contributed by atoms with Crippen molar-refractivity contribution in [2.45, 2.75) is 100 Å². The number of hydrogen-bond donors (Lipinski definition) is 1. The molecule has 8 atom stereocenters. The Labute approximate surface area is 298 Å².